The maximum Gasteiger partial charge on any atom is 0.224 e. The second-order valence-corrected chi connectivity index (χ2v) is 15.6. The highest BCUT2D eigenvalue weighted by atomic mass is 35.5. The van der Waals surface area contributed by atoms with Crippen molar-refractivity contribution in [3.8, 4) is 0 Å². The molecule has 4 rings (SSSR count). The number of halogens is 1. The lowest BCUT2D eigenvalue weighted by Gasteiger charge is -2.32. The van der Waals surface area contributed by atoms with E-state index in [1.165, 1.54) is 17.8 Å². The molecule has 1 amide bonds. The van der Waals surface area contributed by atoms with E-state index in [-0.39, 0.29) is 53.8 Å². The normalized spacial score (nSPS) is 19.3. The van der Waals surface area contributed by atoms with E-state index in [9.17, 15) is 22.8 Å². The number of nitrogens with one attached hydrogen (secondary N) is 1. The lowest BCUT2D eigenvalue weighted by molar-refractivity contribution is -0.130. The van der Waals surface area contributed by atoms with Gasteiger partial charge in [-0.05, 0) is 43.4 Å². The topological polar surface area (TPSA) is 114 Å². The minimum Gasteiger partial charge on any atom is -0.353 e. The third-order valence-corrected chi connectivity index (χ3v) is 11.4. The van der Waals surface area contributed by atoms with E-state index < -0.39 is 15.8 Å². The Morgan fingerprint density at radius 2 is 1.88 bits per heavy atom. The number of carbonyl (C=O) groups is 3. The van der Waals surface area contributed by atoms with Crippen molar-refractivity contribution in [2.45, 2.75) is 77.2 Å². The van der Waals surface area contributed by atoms with Crippen LogP contribution in [0.25, 0.3) is 10.2 Å². The van der Waals surface area contributed by atoms with E-state index >= 15 is 0 Å². The number of rotatable bonds is 14. The molecule has 2 aromatic rings. The predicted molar refractivity (Wildman–Crippen MR) is 169 cm³/mol. The Labute approximate surface area is 258 Å². The Bertz CT molecular complexity index is 1390. The smallest absolute Gasteiger partial charge is 0.224 e. The standard InChI is InChI=1S/C31H42ClN3O5S2/c1-3-25(36)17-23(18-30-33-27-10-9-24(32)19-29(27)41-30)31(38)34-26(22-7-5-4-6-8-22)11-12-28(37)21(2)20-35-13-15-42(39,40)16-14-35/h9-10,19,22-23,26H,2-8,11-18,20H2,1H3,(H,34,38)/t23-,26+/m0/s1. The average Bonchev–Trinajstić information content (AvgIpc) is 3.37. The third kappa shape index (κ3) is 9.43. The number of fused-ring (bicyclic) bond motifs is 1. The Hall–Kier alpha value is -2.14. The predicted octanol–water partition coefficient (Wildman–Crippen LogP) is 5.18. The second kappa shape index (κ2) is 15.0. The van der Waals surface area contributed by atoms with E-state index in [2.05, 4.69) is 16.9 Å². The molecule has 1 saturated carbocycles. The van der Waals surface area contributed by atoms with Gasteiger partial charge in [-0.15, -0.1) is 11.3 Å². The maximum atomic E-state index is 13.7. The molecule has 2 fully saturated rings. The average molecular weight is 636 g/mol. The summed E-state index contributed by atoms with van der Waals surface area (Å²) in [7, 11) is -2.99. The van der Waals surface area contributed by atoms with Crippen LogP contribution in [0.4, 0.5) is 0 Å². The number of thiazole rings is 1. The van der Waals surface area contributed by atoms with Crippen LogP contribution in [0, 0.1) is 11.8 Å². The summed E-state index contributed by atoms with van der Waals surface area (Å²) < 4.78 is 24.4. The highest BCUT2D eigenvalue weighted by molar-refractivity contribution is 7.91. The molecule has 1 aromatic heterocycles. The SMILES string of the molecule is C=C(CN1CCS(=O)(=O)CC1)C(=O)CC[C@@H](NC(=O)[C@@H](CC(=O)CC)Cc1nc2ccc(Cl)cc2s1)C1CCCCC1. The minimum absolute atomic E-state index is 0.0329. The fraction of sp³-hybridized carbons (Fsp3) is 0.613. The molecular formula is C31H42ClN3O5S2. The number of carbonyl (C=O) groups excluding carboxylic acids is 3. The summed E-state index contributed by atoms with van der Waals surface area (Å²) in [5.74, 6) is -0.225. The van der Waals surface area contributed by atoms with Crippen molar-refractivity contribution in [2.75, 3.05) is 31.1 Å². The lowest BCUT2D eigenvalue weighted by Crippen LogP contribution is -2.45. The molecule has 2 atom stereocenters. The van der Waals surface area contributed by atoms with Crippen molar-refractivity contribution >= 4 is 60.5 Å². The monoisotopic (exact) mass is 635 g/mol. The molecule has 2 heterocycles. The Morgan fingerprint density at radius 3 is 2.57 bits per heavy atom. The van der Waals surface area contributed by atoms with Gasteiger partial charge in [0.1, 0.15) is 5.78 Å². The highest BCUT2D eigenvalue weighted by Gasteiger charge is 2.30. The van der Waals surface area contributed by atoms with Gasteiger partial charge in [-0.3, -0.25) is 19.3 Å². The molecule has 1 saturated heterocycles. The van der Waals surface area contributed by atoms with Gasteiger partial charge in [-0.1, -0.05) is 44.4 Å². The summed E-state index contributed by atoms with van der Waals surface area (Å²) in [6.07, 6.45) is 7.03. The first kappa shape index (κ1) is 32.8. The number of nitrogens with zero attached hydrogens (tertiary/aromatic N) is 2. The summed E-state index contributed by atoms with van der Waals surface area (Å²) in [5, 5.41) is 4.69. The Kier molecular flexibility index (Phi) is 11.7. The number of hydrogen-bond donors (Lipinski definition) is 1. The van der Waals surface area contributed by atoms with Gasteiger partial charge in [0.05, 0.1) is 32.6 Å². The van der Waals surface area contributed by atoms with Crippen molar-refractivity contribution < 1.29 is 22.8 Å². The molecule has 0 bridgehead atoms. The van der Waals surface area contributed by atoms with Gasteiger partial charge in [0.15, 0.2) is 15.6 Å². The largest absolute Gasteiger partial charge is 0.353 e. The second-order valence-electron chi connectivity index (χ2n) is 11.7. The number of amides is 1. The number of hydrogen-bond acceptors (Lipinski definition) is 8. The van der Waals surface area contributed by atoms with Crippen LogP contribution >= 0.6 is 22.9 Å². The van der Waals surface area contributed by atoms with E-state index in [4.69, 9.17) is 11.6 Å². The molecule has 0 unspecified atom stereocenters. The fourth-order valence-electron chi connectivity index (χ4n) is 5.91. The molecule has 1 aliphatic carbocycles. The highest BCUT2D eigenvalue weighted by Crippen LogP contribution is 2.30. The van der Waals surface area contributed by atoms with Crippen LogP contribution in [0.15, 0.2) is 30.4 Å². The Balaban J connectivity index is 1.41. The minimum atomic E-state index is -2.99. The van der Waals surface area contributed by atoms with Crippen LogP contribution < -0.4 is 5.32 Å². The molecule has 11 heteroatoms. The first-order valence-corrected chi connectivity index (χ1v) is 18.1. The summed E-state index contributed by atoms with van der Waals surface area (Å²) in [6.45, 7) is 6.99. The molecule has 42 heavy (non-hydrogen) atoms. The van der Waals surface area contributed by atoms with E-state index in [0.29, 0.717) is 49.5 Å². The first-order chi connectivity index (χ1) is 20.0. The van der Waals surface area contributed by atoms with Gasteiger partial charge in [0.25, 0.3) is 0 Å². The summed E-state index contributed by atoms with van der Waals surface area (Å²) >= 11 is 7.64. The quantitative estimate of drug-likeness (QED) is 0.285. The number of sulfone groups is 1. The summed E-state index contributed by atoms with van der Waals surface area (Å²) in [5.41, 5.74) is 1.30. The van der Waals surface area contributed by atoms with Crippen molar-refractivity contribution in [1.29, 1.82) is 0 Å². The van der Waals surface area contributed by atoms with Gasteiger partial charge in [0.2, 0.25) is 5.91 Å². The van der Waals surface area contributed by atoms with E-state index in [0.717, 1.165) is 40.9 Å². The zero-order valence-electron chi connectivity index (χ0n) is 24.4. The lowest BCUT2D eigenvalue weighted by atomic mass is 9.81. The van der Waals surface area contributed by atoms with Crippen LogP contribution in [0.5, 0.6) is 0 Å². The third-order valence-electron chi connectivity index (χ3n) is 8.53. The van der Waals surface area contributed by atoms with Crippen LogP contribution in [-0.2, 0) is 30.6 Å². The summed E-state index contributed by atoms with van der Waals surface area (Å²) in [6, 6.07) is 5.35. The van der Waals surface area contributed by atoms with Crippen LogP contribution in [0.2, 0.25) is 5.02 Å². The zero-order valence-corrected chi connectivity index (χ0v) is 26.8. The van der Waals surface area contributed by atoms with E-state index in [1.807, 2.05) is 24.0 Å². The molecule has 0 radical (unpaired) electrons. The van der Waals surface area contributed by atoms with Gasteiger partial charge >= 0.3 is 0 Å². The number of benzene rings is 1. The van der Waals surface area contributed by atoms with Gasteiger partial charge in [-0.25, -0.2) is 13.4 Å². The number of ketones is 2. The van der Waals surface area contributed by atoms with Gasteiger partial charge < -0.3 is 5.32 Å². The Morgan fingerprint density at radius 1 is 1.17 bits per heavy atom. The van der Waals surface area contributed by atoms with Crippen LogP contribution in [-0.4, -0.2) is 73.0 Å². The van der Waals surface area contributed by atoms with Crippen LogP contribution in [0.3, 0.4) is 0 Å². The molecule has 1 aromatic carbocycles. The molecule has 1 N–H and O–H groups in total. The van der Waals surface area contributed by atoms with Gasteiger partial charge in [-0.2, -0.15) is 0 Å². The first-order valence-electron chi connectivity index (χ1n) is 15.0. The molecule has 8 nitrogen and oxygen atoms in total. The molecule has 0 spiro atoms. The van der Waals surface area contributed by atoms with Crippen molar-refractivity contribution in [1.82, 2.24) is 15.2 Å². The number of aromatic nitrogens is 1. The fourth-order valence-corrected chi connectivity index (χ4v) is 8.51. The van der Waals surface area contributed by atoms with Gasteiger partial charge in [0, 0.05) is 62.0 Å². The van der Waals surface area contributed by atoms with Crippen LogP contribution in [0.1, 0.15) is 69.7 Å². The maximum absolute atomic E-state index is 13.7. The summed E-state index contributed by atoms with van der Waals surface area (Å²) in [4.78, 5) is 46.0. The van der Waals surface area contributed by atoms with E-state index in [1.54, 1.807) is 6.07 Å². The number of Topliss-reactive ketones (excluding diaryl/α,β-unsaturated/α-hetero) is 2. The van der Waals surface area contributed by atoms with Crippen molar-refractivity contribution in [3.63, 3.8) is 0 Å². The molecule has 230 valence electrons. The molecular weight excluding hydrogens is 594 g/mol. The molecule has 1 aliphatic heterocycles. The molecule has 2 aliphatic rings. The van der Waals surface area contributed by atoms with Crippen molar-refractivity contribution in [3.05, 3.63) is 40.4 Å². The zero-order chi connectivity index (χ0) is 30.3. The van der Waals surface area contributed by atoms with Crippen molar-refractivity contribution in [2.24, 2.45) is 11.8 Å².